The topological polar surface area (TPSA) is 57.7 Å². The van der Waals surface area contributed by atoms with E-state index in [0.29, 0.717) is 12.8 Å². The van der Waals surface area contributed by atoms with Gasteiger partial charge in [0.1, 0.15) is 10.9 Å². The Morgan fingerprint density at radius 2 is 1.86 bits per heavy atom. The lowest BCUT2D eigenvalue weighted by atomic mass is 10.2. The second kappa shape index (κ2) is 6.12. The molecule has 21 heavy (non-hydrogen) atoms. The second-order valence-electron chi connectivity index (χ2n) is 5.06. The molecule has 0 spiro atoms. The monoisotopic (exact) mass is 350 g/mol. The van der Waals surface area contributed by atoms with Gasteiger partial charge < -0.3 is 4.90 Å². The van der Waals surface area contributed by atoms with E-state index in [1.807, 2.05) is 0 Å². The van der Waals surface area contributed by atoms with E-state index >= 15 is 0 Å². The number of amides is 1. The molecule has 1 atom stereocenters. The van der Waals surface area contributed by atoms with Crippen molar-refractivity contribution in [3.05, 3.63) is 28.2 Å². The highest BCUT2D eigenvalue weighted by atomic mass is 35.5. The third-order valence-electron chi connectivity index (χ3n) is 3.42. The Morgan fingerprint density at radius 3 is 2.38 bits per heavy atom. The number of rotatable bonds is 3. The molecule has 1 heterocycles. The SMILES string of the molecule is CN(C)C(=O)C1CCCN1S(=O)(=O)c1c(Cl)cccc1Cl. The molecule has 5 nitrogen and oxygen atoms in total. The van der Waals surface area contributed by atoms with Gasteiger partial charge in [-0.25, -0.2) is 8.42 Å². The second-order valence-corrected chi connectivity index (χ2v) is 7.70. The maximum Gasteiger partial charge on any atom is 0.246 e. The largest absolute Gasteiger partial charge is 0.347 e. The van der Waals surface area contributed by atoms with Crippen LogP contribution in [0.25, 0.3) is 0 Å². The first-order valence-electron chi connectivity index (χ1n) is 6.44. The minimum atomic E-state index is -3.91. The molecule has 1 aliphatic heterocycles. The molecule has 0 aromatic heterocycles. The van der Waals surface area contributed by atoms with Crippen molar-refractivity contribution in [1.82, 2.24) is 9.21 Å². The maximum absolute atomic E-state index is 12.8. The molecule has 1 unspecified atom stereocenters. The number of hydrogen-bond acceptors (Lipinski definition) is 3. The number of halogens is 2. The van der Waals surface area contributed by atoms with Crippen LogP contribution in [0.15, 0.2) is 23.1 Å². The number of sulfonamides is 1. The number of carbonyl (C=O) groups is 1. The standard InChI is InChI=1S/C13H16Cl2N2O3S/c1-16(2)13(18)11-7-4-8-17(11)21(19,20)12-9(14)5-3-6-10(12)15/h3,5-6,11H,4,7-8H2,1-2H3. The van der Waals surface area contributed by atoms with Crippen LogP contribution in [-0.4, -0.2) is 50.2 Å². The minimum absolute atomic E-state index is 0.0606. The van der Waals surface area contributed by atoms with Crippen molar-refractivity contribution in [2.45, 2.75) is 23.8 Å². The van der Waals surface area contributed by atoms with Crippen LogP contribution in [0.5, 0.6) is 0 Å². The van der Waals surface area contributed by atoms with Crippen LogP contribution in [0.2, 0.25) is 10.0 Å². The fourth-order valence-corrected chi connectivity index (χ4v) is 5.16. The zero-order chi connectivity index (χ0) is 15.8. The average molecular weight is 351 g/mol. The smallest absolute Gasteiger partial charge is 0.246 e. The summed E-state index contributed by atoms with van der Waals surface area (Å²) in [6.45, 7) is 0.286. The maximum atomic E-state index is 12.8. The molecule has 2 rings (SSSR count). The van der Waals surface area contributed by atoms with Crippen LogP contribution in [0.4, 0.5) is 0 Å². The fourth-order valence-electron chi connectivity index (χ4n) is 2.42. The Morgan fingerprint density at radius 1 is 1.29 bits per heavy atom. The summed E-state index contributed by atoms with van der Waals surface area (Å²) in [7, 11) is -0.696. The molecular formula is C13H16Cl2N2O3S. The zero-order valence-electron chi connectivity index (χ0n) is 11.7. The third-order valence-corrected chi connectivity index (χ3v) is 6.28. The Hall–Kier alpha value is -0.820. The van der Waals surface area contributed by atoms with Gasteiger partial charge >= 0.3 is 0 Å². The highest BCUT2D eigenvalue weighted by Gasteiger charge is 2.41. The highest BCUT2D eigenvalue weighted by Crippen LogP contribution is 2.35. The quantitative estimate of drug-likeness (QED) is 0.839. The third kappa shape index (κ3) is 3.04. The van der Waals surface area contributed by atoms with E-state index in [1.165, 1.54) is 21.3 Å². The van der Waals surface area contributed by atoms with E-state index in [1.54, 1.807) is 20.2 Å². The van der Waals surface area contributed by atoms with Gasteiger partial charge in [-0.1, -0.05) is 29.3 Å². The molecule has 1 fully saturated rings. The van der Waals surface area contributed by atoms with Gasteiger partial charge in [0.15, 0.2) is 0 Å². The number of likely N-dealkylation sites (N-methyl/N-ethyl adjacent to an activating group) is 1. The van der Waals surface area contributed by atoms with Crippen molar-refractivity contribution >= 4 is 39.1 Å². The van der Waals surface area contributed by atoms with Crippen LogP contribution in [0.1, 0.15) is 12.8 Å². The first kappa shape index (κ1) is 16.5. The highest BCUT2D eigenvalue weighted by molar-refractivity contribution is 7.89. The summed E-state index contributed by atoms with van der Waals surface area (Å²) in [6.07, 6.45) is 1.13. The van der Waals surface area contributed by atoms with Gasteiger partial charge in [-0.2, -0.15) is 4.31 Å². The summed E-state index contributed by atoms with van der Waals surface area (Å²) in [5.74, 6) is -0.237. The average Bonchev–Trinajstić information content (AvgIpc) is 2.86. The summed E-state index contributed by atoms with van der Waals surface area (Å²) < 4.78 is 26.8. The Kier molecular flexibility index (Phi) is 4.82. The molecule has 1 aromatic carbocycles. The first-order valence-corrected chi connectivity index (χ1v) is 8.63. The molecule has 1 saturated heterocycles. The van der Waals surface area contributed by atoms with Gasteiger partial charge in [0.25, 0.3) is 0 Å². The number of benzene rings is 1. The molecule has 0 saturated carbocycles. The van der Waals surface area contributed by atoms with Gasteiger partial charge in [0.05, 0.1) is 10.0 Å². The van der Waals surface area contributed by atoms with Crippen LogP contribution >= 0.6 is 23.2 Å². The van der Waals surface area contributed by atoms with Gasteiger partial charge in [-0.3, -0.25) is 4.79 Å². The van der Waals surface area contributed by atoms with Gasteiger partial charge in [0, 0.05) is 20.6 Å². The number of nitrogens with zero attached hydrogens (tertiary/aromatic N) is 2. The first-order chi connectivity index (χ1) is 9.76. The lowest BCUT2D eigenvalue weighted by molar-refractivity contribution is -0.132. The van der Waals surface area contributed by atoms with Crippen molar-refractivity contribution in [1.29, 1.82) is 0 Å². The van der Waals surface area contributed by atoms with Crippen LogP contribution in [0, 0.1) is 0 Å². The molecule has 0 bridgehead atoms. The lowest BCUT2D eigenvalue weighted by Crippen LogP contribution is -2.45. The van der Waals surface area contributed by atoms with Gasteiger partial charge in [-0.05, 0) is 25.0 Å². The van der Waals surface area contributed by atoms with E-state index in [2.05, 4.69) is 0 Å². The van der Waals surface area contributed by atoms with Crippen molar-refractivity contribution in [3.8, 4) is 0 Å². The van der Waals surface area contributed by atoms with E-state index in [0.717, 1.165) is 0 Å². The normalized spacial score (nSPS) is 19.7. The molecule has 1 aromatic rings. The molecule has 0 radical (unpaired) electrons. The van der Waals surface area contributed by atoms with Crippen molar-refractivity contribution in [2.24, 2.45) is 0 Å². The van der Waals surface area contributed by atoms with Crippen LogP contribution in [-0.2, 0) is 14.8 Å². The van der Waals surface area contributed by atoms with E-state index in [4.69, 9.17) is 23.2 Å². The van der Waals surface area contributed by atoms with Crippen molar-refractivity contribution in [3.63, 3.8) is 0 Å². The van der Waals surface area contributed by atoms with Crippen LogP contribution in [0.3, 0.4) is 0 Å². The Balaban J connectivity index is 2.46. The van der Waals surface area contributed by atoms with E-state index in [9.17, 15) is 13.2 Å². The Bertz CT molecular complexity index is 641. The molecule has 0 N–H and O–H groups in total. The summed E-state index contributed by atoms with van der Waals surface area (Å²) >= 11 is 12.0. The van der Waals surface area contributed by atoms with Crippen LogP contribution < -0.4 is 0 Å². The summed E-state index contributed by atoms with van der Waals surface area (Å²) in [6, 6.07) is 3.83. The number of hydrogen-bond donors (Lipinski definition) is 0. The molecule has 0 aliphatic carbocycles. The molecular weight excluding hydrogens is 335 g/mol. The van der Waals surface area contributed by atoms with E-state index < -0.39 is 16.1 Å². The predicted molar refractivity (Wildman–Crippen MR) is 82.1 cm³/mol. The molecule has 116 valence electrons. The molecule has 8 heteroatoms. The van der Waals surface area contributed by atoms with Gasteiger partial charge in [-0.15, -0.1) is 0 Å². The molecule has 1 aliphatic rings. The zero-order valence-corrected chi connectivity index (χ0v) is 14.0. The number of carbonyl (C=O) groups excluding carboxylic acids is 1. The van der Waals surface area contributed by atoms with Gasteiger partial charge in [0.2, 0.25) is 15.9 Å². The predicted octanol–water partition coefficient (Wildman–Crippen LogP) is 2.23. The Labute approximate surface area is 134 Å². The summed E-state index contributed by atoms with van der Waals surface area (Å²) in [5, 5.41) is 0.121. The molecule has 1 amide bonds. The minimum Gasteiger partial charge on any atom is -0.347 e. The fraction of sp³-hybridized carbons (Fsp3) is 0.462. The van der Waals surface area contributed by atoms with Crippen molar-refractivity contribution < 1.29 is 13.2 Å². The summed E-state index contributed by atoms with van der Waals surface area (Å²) in [4.78, 5) is 13.4. The summed E-state index contributed by atoms with van der Waals surface area (Å²) in [5.41, 5.74) is 0. The van der Waals surface area contributed by atoms with E-state index in [-0.39, 0.29) is 27.4 Å². The lowest BCUT2D eigenvalue weighted by Gasteiger charge is -2.26. The van der Waals surface area contributed by atoms with Crippen molar-refractivity contribution in [2.75, 3.05) is 20.6 Å².